The van der Waals surface area contributed by atoms with Gasteiger partial charge < -0.3 is 10.1 Å². The number of ether oxygens (including phenoxy) is 1. The molecule has 0 aliphatic carbocycles. The van der Waals surface area contributed by atoms with E-state index in [1.807, 2.05) is 50.7 Å². The molecule has 2 aromatic heterocycles. The number of rotatable bonds is 7. The van der Waals surface area contributed by atoms with Crippen LogP contribution in [-0.4, -0.2) is 62.6 Å². The second-order valence-electron chi connectivity index (χ2n) is 8.01. The zero-order valence-electron chi connectivity index (χ0n) is 18.3. The highest BCUT2D eigenvalue weighted by atomic mass is 32.2. The summed E-state index contributed by atoms with van der Waals surface area (Å²) in [5.41, 5.74) is 4.14. The third kappa shape index (κ3) is 5.57. The number of amides is 1. The maximum absolute atomic E-state index is 12.6. The van der Waals surface area contributed by atoms with Crippen LogP contribution in [0.25, 0.3) is 5.65 Å². The van der Waals surface area contributed by atoms with E-state index in [1.165, 1.54) is 17.1 Å². The van der Waals surface area contributed by atoms with E-state index >= 15 is 0 Å². The molecular weight excluding hydrogens is 410 g/mol. The Morgan fingerprint density at radius 2 is 2.03 bits per heavy atom. The van der Waals surface area contributed by atoms with Crippen LogP contribution in [0.2, 0.25) is 0 Å². The minimum Gasteiger partial charge on any atom is -0.489 e. The van der Waals surface area contributed by atoms with Crippen molar-refractivity contribution < 1.29 is 9.53 Å². The normalized spacial score (nSPS) is 15.7. The largest absolute Gasteiger partial charge is 0.489 e. The Balaban J connectivity index is 1.32. The van der Waals surface area contributed by atoms with Gasteiger partial charge in [-0.25, -0.2) is 9.50 Å². The number of hydrogen-bond donors (Lipinski definition) is 1. The van der Waals surface area contributed by atoms with Gasteiger partial charge in [-0.2, -0.15) is 16.9 Å². The maximum Gasteiger partial charge on any atom is 0.272 e. The molecule has 1 atom stereocenters. The van der Waals surface area contributed by atoms with Crippen LogP contribution in [0.5, 0.6) is 5.75 Å². The number of nitrogens with zero attached hydrogens (tertiary/aromatic N) is 4. The lowest BCUT2D eigenvalue weighted by Gasteiger charge is -2.26. The number of nitrogens with one attached hydrogen (secondary N) is 1. The van der Waals surface area contributed by atoms with Gasteiger partial charge in [0.05, 0.1) is 6.54 Å². The molecule has 0 spiro atoms. The average molecular weight is 440 g/mol. The number of carbonyl (C=O) groups excluding carboxylic acids is 1. The highest BCUT2D eigenvalue weighted by Gasteiger charge is 2.15. The predicted octanol–water partition coefficient (Wildman–Crippen LogP) is 3.09. The minimum absolute atomic E-state index is 0.162. The molecule has 1 aliphatic rings. The molecule has 1 N–H and O–H groups in total. The minimum atomic E-state index is -0.227. The molecule has 0 unspecified atom stereocenters. The molecule has 1 amide bonds. The van der Waals surface area contributed by atoms with Crippen LogP contribution in [-0.2, 0) is 6.54 Å². The second-order valence-corrected chi connectivity index (χ2v) is 9.24. The van der Waals surface area contributed by atoms with Crippen LogP contribution in [0, 0.1) is 13.8 Å². The number of thioether (sulfide) groups is 1. The third-order valence-corrected chi connectivity index (χ3v) is 6.20. The lowest BCUT2D eigenvalue weighted by atomic mass is 10.2. The topological polar surface area (TPSA) is 71.8 Å². The molecule has 3 heterocycles. The average Bonchev–Trinajstić information content (AvgIpc) is 3.17. The van der Waals surface area contributed by atoms with Gasteiger partial charge in [0.2, 0.25) is 0 Å². The van der Waals surface area contributed by atoms with Crippen LogP contribution >= 0.6 is 11.8 Å². The molecular formula is C23H29N5O2S. The first-order valence-electron chi connectivity index (χ1n) is 10.7. The third-order valence-electron chi connectivity index (χ3n) is 5.26. The number of carbonyl (C=O) groups is 1. The molecule has 1 saturated heterocycles. The maximum atomic E-state index is 12.6. The van der Waals surface area contributed by atoms with Gasteiger partial charge in [-0.3, -0.25) is 9.69 Å². The number of fused-ring (bicyclic) bond motifs is 1. The van der Waals surface area contributed by atoms with E-state index in [9.17, 15) is 4.79 Å². The van der Waals surface area contributed by atoms with Crippen LogP contribution in [0.4, 0.5) is 0 Å². The fourth-order valence-corrected chi connectivity index (χ4v) is 4.71. The van der Waals surface area contributed by atoms with Crippen molar-refractivity contribution in [1.29, 1.82) is 0 Å². The van der Waals surface area contributed by atoms with Gasteiger partial charge in [-0.1, -0.05) is 12.1 Å². The molecule has 1 aliphatic heterocycles. The fourth-order valence-electron chi connectivity index (χ4n) is 3.73. The van der Waals surface area contributed by atoms with Crippen LogP contribution in [0.15, 0.2) is 36.4 Å². The highest BCUT2D eigenvalue weighted by molar-refractivity contribution is 7.99. The Hall–Kier alpha value is -2.58. The van der Waals surface area contributed by atoms with Crippen molar-refractivity contribution in [1.82, 2.24) is 24.8 Å². The Kier molecular flexibility index (Phi) is 6.77. The number of hydrogen-bond acceptors (Lipinski definition) is 6. The van der Waals surface area contributed by atoms with E-state index in [0.29, 0.717) is 17.9 Å². The van der Waals surface area contributed by atoms with Gasteiger partial charge in [0, 0.05) is 48.6 Å². The molecule has 0 bridgehead atoms. The zero-order valence-corrected chi connectivity index (χ0v) is 19.1. The summed E-state index contributed by atoms with van der Waals surface area (Å²) in [4.78, 5) is 19.5. The summed E-state index contributed by atoms with van der Waals surface area (Å²) in [6.07, 6.45) is -0.162. The fraction of sp³-hybridized carbons (Fsp3) is 0.435. The SMILES string of the molecule is Cc1cc(C)n2nc(C(=O)NC[C@H](C)Oc3cccc(CN4CCSCC4)c3)cc2n1. The van der Waals surface area contributed by atoms with E-state index < -0.39 is 0 Å². The van der Waals surface area contributed by atoms with E-state index in [0.717, 1.165) is 36.8 Å². The smallest absolute Gasteiger partial charge is 0.272 e. The van der Waals surface area contributed by atoms with Crippen LogP contribution in [0.3, 0.4) is 0 Å². The monoisotopic (exact) mass is 439 g/mol. The molecule has 164 valence electrons. The van der Waals surface area contributed by atoms with Gasteiger partial charge in [0.15, 0.2) is 11.3 Å². The van der Waals surface area contributed by atoms with E-state index in [-0.39, 0.29) is 12.0 Å². The molecule has 0 radical (unpaired) electrons. The van der Waals surface area contributed by atoms with Crippen molar-refractivity contribution in [3.05, 3.63) is 59.0 Å². The van der Waals surface area contributed by atoms with Gasteiger partial charge in [-0.15, -0.1) is 0 Å². The molecule has 4 rings (SSSR count). The standard InChI is InChI=1S/C23H29N5O2S/c1-16-11-17(2)28-22(25-16)13-21(26-28)23(29)24-14-18(3)30-20-6-4-5-19(12-20)15-27-7-9-31-10-8-27/h4-6,11-13,18H,7-10,14-15H2,1-3H3,(H,24,29)/t18-/m0/s1. The quantitative estimate of drug-likeness (QED) is 0.610. The Morgan fingerprint density at radius 3 is 2.84 bits per heavy atom. The highest BCUT2D eigenvalue weighted by Crippen LogP contribution is 2.18. The summed E-state index contributed by atoms with van der Waals surface area (Å²) < 4.78 is 7.74. The number of aromatic nitrogens is 3. The zero-order chi connectivity index (χ0) is 21.8. The summed E-state index contributed by atoms with van der Waals surface area (Å²) in [5.74, 6) is 3.01. The summed E-state index contributed by atoms with van der Waals surface area (Å²) >= 11 is 2.02. The van der Waals surface area contributed by atoms with Crippen molar-refractivity contribution >= 4 is 23.3 Å². The van der Waals surface area contributed by atoms with E-state index in [2.05, 4.69) is 32.4 Å². The van der Waals surface area contributed by atoms with Gasteiger partial charge >= 0.3 is 0 Å². The Labute approximate surface area is 187 Å². The number of aryl methyl sites for hydroxylation is 2. The molecule has 1 aromatic carbocycles. The first kappa shape index (κ1) is 21.6. The first-order valence-corrected chi connectivity index (χ1v) is 11.8. The summed E-state index contributed by atoms with van der Waals surface area (Å²) in [6.45, 7) is 9.44. The van der Waals surface area contributed by atoms with Crippen molar-refractivity contribution in [3.8, 4) is 5.75 Å². The van der Waals surface area contributed by atoms with Crippen molar-refractivity contribution in [2.45, 2.75) is 33.4 Å². The molecule has 3 aromatic rings. The molecule has 1 fully saturated rings. The Morgan fingerprint density at radius 1 is 1.23 bits per heavy atom. The predicted molar refractivity (Wildman–Crippen MR) is 124 cm³/mol. The Bertz CT molecular complexity index is 1060. The van der Waals surface area contributed by atoms with Crippen LogP contribution in [0.1, 0.15) is 34.4 Å². The molecule has 0 saturated carbocycles. The number of benzene rings is 1. The van der Waals surface area contributed by atoms with E-state index in [4.69, 9.17) is 4.74 Å². The van der Waals surface area contributed by atoms with E-state index in [1.54, 1.807) is 10.6 Å². The summed E-state index contributed by atoms with van der Waals surface area (Å²) in [5, 5.41) is 7.29. The molecule has 31 heavy (non-hydrogen) atoms. The molecule has 8 heteroatoms. The second kappa shape index (κ2) is 9.70. The lowest BCUT2D eigenvalue weighted by molar-refractivity contribution is 0.0927. The van der Waals surface area contributed by atoms with Crippen molar-refractivity contribution in [2.75, 3.05) is 31.1 Å². The van der Waals surface area contributed by atoms with Gasteiger partial charge in [-0.05, 0) is 44.5 Å². The molecule has 7 nitrogen and oxygen atoms in total. The van der Waals surface area contributed by atoms with Crippen molar-refractivity contribution in [3.63, 3.8) is 0 Å². The lowest BCUT2D eigenvalue weighted by Crippen LogP contribution is -2.34. The van der Waals surface area contributed by atoms with Gasteiger partial charge in [0.25, 0.3) is 5.91 Å². The van der Waals surface area contributed by atoms with Crippen LogP contribution < -0.4 is 10.1 Å². The van der Waals surface area contributed by atoms with Gasteiger partial charge in [0.1, 0.15) is 11.9 Å². The van der Waals surface area contributed by atoms with Crippen molar-refractivity contribution in [2.24, 2.45) is 0 Å². The first-order chi connectivity index (χ1) is 15.0. The summed E-state index contributed by atoms with van der Waals surface area (Å²) in [6, 6.07) is 11.9. The summed E-state index contributed by atoms with van der Waals surface area (Å²) in [7, 11) is 0.